The van der Waals surface area contributed by atoms with E-state index in [9.17, 15) is 0 Å². The van der Waals surface area contributed by atoms with Crippen molar-refractivity contribution in [2.45, 2.75) is 25.7 Å². The van der Waals surface area contributed by atoms with Crippen molar-refractivity contribution in [2.24, 2.45) is 11.7 Å². The van der Waals surface area contributed by atoms with Crippen molar-refractivity contribution in [1.29, 1.82) is 5.41 Å². The minimum Gasteiger partial charge on any atom is -0.383 e. The second kappa shape index (κ2) is 4.15. The SMILES string of the molecule is N=C(N)c1cc2cc(CCC3CC3)ccc2s1. The maximum Gasteiger partial charge on any atom is 0.133 e. The Morgan fingerprint density at radius 1 is 1.35 bits per heavy atom. The molecule has 17 heavy (non-hydrogen) atoms. The number of hydrogen-bond acceptors (Lipinski definition) is 2. The molecule has 1 heterocycles. The first-order valence-corrected chi connectivity index (χ1v) is 6.91. The van der Waals surface area contributed by atoms with Crippen LogP contribution in [0.15, 0.2) is 24.3 Å². The number of amidine groups is 1. The largest absolute Gasteiger partial charge is 0.383 e. The lowest BCUT2D eigenvalue weighted by Gasteiger charge is -2.00. The van der Waals surface area contributed by atoms with Gasteiger partial charge in [-0.2, -0.15) is 0 Å². The van der Waals surface area contributed by atoms with Crippen LogP contribution in [0, 0.1) is 11.3 Å². The number of thiophene rings is 1. The summed E-state index contributed by atoms with van der Waals surface area (Å²) in [6, 6.07) is 8.66. The molecule has 1 saturated carbocycles. The lowest BCUT2D eigenvalue weighted by Crippen LogP contribution is -2.08. The Hall–Kier alpha value is -1.35. The van der Waals surface area contributed by atoms with E-state index in [1.165, 1.54) is 41.3 Å². The summed E-state index contributed by atoms with van der Waals surface area (Å²) in [7, 11) is 0. The van der Waals surface area contributed by atoms with Crippen molar-refractivity contribution in [2.75, 3.05) is 0 Å². The average molecular weight is 244 g/mol. The maximum atomic E-state index is 7.46. The van der Waals surface area contributed by atoms with Crippen molar-refractivity contribution >= 4 is 27.3 Å². The number of benzene rings is 1. The highest BCUT2D eigenvalue weighted by atomic mass is 32.1. The van der Waals surface area contributed by atoms with Gasteiger partial charge in [-0.1, -0.05) is 25.0 Å². The molecule has 2 aromatic rings. The van der Waals surface area contributed by atoms with Crippen LogP contribution < -0.4 is 5.73 Å². The van der Waals surface area contributed by atoms with E-state index in [1.54, 1.807) is 11.3 Å². The smallest absolute Gasteiger partial charge is 0.133 e. The lowest BCUT2D eigenvalue weighted by molar-refractivity contribution is 0.727. The molecule has 0 atom stereocenters. The first-order chi connectivity index (χ1) is 8.22. The van der Waals surface area contributed by atoms with Gasteiger partial charge in [0.2, 0.25) is 0 Å². The highest BCUT2D eigenvalue weighted by molar-refractivity contribution is 7.20. The fourth-order valence-corrected chi connectivity index (χ4v) is 3.06. The third-order valence-electron chi connectivity index (χ3n) is 3.38. The summed E-state index contributed by atoms with van der Waals surface area (Å²) in [5.41, 5.74) is 6.93. The molecule has 88 valence electrons. The van der Waals surface area contributed by atoms with E-state index in [2.05, 4.69) is 18.2 Å². The van der Waals surface area contributed by atoms with Crippen LogP contribution in [0.3, 0.4) is 0 Å². The second-order valence-electron chi connectivity index (χ2n) is 4.88. The van der Waals surface area contributed by atoms with E-state index in [0.717, 1.165) is 10.8 Å². The Balaban J connectivity index is 1.86. The molecule has 0 bridgehead atoms. The molecule has 3 rings (SSSR count). The summed E-state index contributed by atoms with van der Waals surface area (Å²) in [5, 5.41) is 8.69. The van der Waals surface area contributed by atoms with Gasteiger partial charge in [-0.25, -0.2) is 0 Å². The van der Waals surface area contributed by atoms with Crippen molar-refractivity contribution in [3.05, 3.63) is 34.7 Å². The molecular formula is C14H16N2S. The van der Waals surface area contributed by atoms with Gasteiger partial charge in [-0.15, -0.1) is 11.3 Å². The molecule has 1 aliphatic carbocycles. The molecule has 0 amide bonds. The zero-order chi connectivity index (χ0) is 11.8. The number of nitrogens with two attached hydrogens (primary N) is 1. The van der Waals surface area contributed by atoms with Gasteiger partial charge in [-0.3, -0.25) is 5.41 Å². The Bertz CT molecular complexity index is 567. The number of nitrogens with one attached hydrogen (secondary N) is 1. The summed E-state index contributed by atoms with van der Waals surface area (Å²) >= 11 is 1.60. The zero-order valence-electron chi connectivity index (χ0n) is 9.70. The third kappa shape index (κ3) is 2.34. The van der Waals surface area contributed by atoms with E-state index >= 15 is 0 Å². The van der Waals surface area contributed by atoms with Crippen LogP contribution in [0.25, 0.3) is 10.1 Å². The van der Waals surface area contributed by atoms with E-state index in [4.69, 9.17) is 11.1 Å². The number of nitrogen functional groups attached to an aromatic ring is 1. The van der Waals surface area contributed by atoms with E-state index in [-0.39, 0.29) is 5.84 Å². The molecule has 3 N–H and O–H groups in total. The Morgan fingerprint density at radius 3 is 2.88 bits per heavy atom. The number of hydrogen-bond donors (Lipinski definition) is 2. The third-order valence-corrected chi connectivity index (χ3v) is 4.53. The summed E-state index contributed by atoms with van der Waals surface area (Å²) in [4.78, 5) is 0.874. The first-order valence-electron chi connectivity index (χ1n) is 6.09. The fourth-order valence-electron chi connectivity index (χ4n) is 2.16. The molecule has 1 fully saturated rings. The van der Waals surface area contributed by atoms with Crippen molar-refractivity contribution in [1.82, 2.24) is 0 Å². The molecule has 0 unspecified atom stereocenters. The van der Waals surface area contributed by atoms with Gasteiger partial charge in [0, 0.05) is 4.70 Å². The normalized spacial score (nSPS) is 15.3. The fraction of sp³-hybridized carbons (Fsp3) is 0.357. The van der Waals surface area contributed by atoms with Crippen LogP contribution in [0.5, 0.6) is 0 Å². The van der Waals surface area contributed by atoms with E-state index in [0.29, 0.717) is 0 Å². The highest BCUT2D eigenvalue weighted by Gasteiger charge is 2.20. The first kappa shape index (κ1) is 10.8. The predicted octanol–water partition coefficient (Wildman–Crippen LogP) is 3.53. The predicted molar refractivity (Wildman–Crippen MR) is 73.9 cm³/mol. The van der Waals surface area contributed by atoms with Crippen LogP contribution in [0.1, 0.15) is 29.7 Å². The number of aryl methyl sites for hydroxylation is 1. The maximum absolute atomic E-state index is 7.46. The Labute approximate surface area is 105 Å². The summed E-state index contributed by atoms with van der Waals surface area (Å²) < 4.78 is 1.23. The van der Waals surface area contributed by atoms with Crippen molar-refractivity contribution < 1.29 is 0 Å². The molecule has 0 saturated heterocycles. The van der Waals surface area contributed by atoms with Gasteiger partial charge in [0.25, 0.3) is 0 Å². The summed E-state index contributed by atoms with van der Waals surface area (Å²) in [6.45, 7) is 0. The molecule has 1 aromatic carbocycles. The van der Waals surface area contributed by atoms with Gasteiger partial charge in [0.05, 0.1) is 4.88 Å². The van der Waals surface area contributed by atoms with Crippen LogP contribution in [-0.2, 0) is 6.42 Å². The quantitative estimate of drug-likeness (QED) is 0.627. The number of rotatable bonds is 4. The van der Waals surface area contributed by atoms with Gasteiger partial charge in [0.1, 0.15) is 5.84 Å². The minimum atomic E-state index is 0.172. The second-order valence-corrected chi connectivity index (χ2v) is 5.96. The molecule has 0 radical (unpaired) electrons. The van der Waals surface area contributed by atoms with Gasteiger partial charge in [-0.05, 0) is 41.8 Å². The Morgan fingerprint density at radius 2 is 2.18 bits per heavy atom. The number of fused-ring (bicyclic) bond motifs is 1. The average Bonchev–Trinajstić information content (AvgIpc) is 3.03. The molecular weight excluding hydrogens is 228 g/mol. The van der Waals surface area contributed by atoms with Gasteiger partial charge in [0.15, 0.2) is 0 Å². The zero-order valence-corrected chi connectivity index (χ0v) is 10.5. The van der Waals surface area contributed by atoms with Crippen LogP contribution >= 0.6 is 11.3 Å². The summed E-state index contributed by atoms with van der Waals surface area (Å²) in [5.74, 6) is 1.16. The van der Waals surface area contributed by atoms with Crippen molar-refractivity contribution in [3.63, 3.8) is 0 Å². The van der Waals surface area contributed by atoms with Crippen LogP contribution in [-0.4, -0.2) is 5.84 Å². The standard InChI is InChI=1S/C14H16N2S/c15-14(16)13-8-11-7-10(4-3-9-1-2-9)5-6-12(11)17-13/h5-9H,1-4H2,(H3,15,16). The van der Waals surface area contributed by atoms with E-state index in [1.807, 2.05) is 6.07 Å². The lowest BCUT2D eigenvalue weighted by atomic mass is 10.1. The highest BCUT2D eigenvalue weighted by Crippen LogP contribution is 2.34. The van der Waals surface area contributed by atoms with Crippen LogP contribution in [0.4, 0.5) is 0 Å². The molecule has 0 spiro atoms. The molecule has 2 nitrogen and oxygen atoms in total. The van der Waals surface area contributed by atoms with Crippen molar-refractivity contribution in [3.8, 4) is 0 Å². The minimum absolute atomic E-state index is 0.172. The molecule has 1 aliphatic rings. The summed E-state index contributed by atoms with van der Waals surface area (Å²) in [6.07, 6.45) is 5.37. The molecule has 3 heteroatoms. The van der Waals surface area contributed by atoms with Gasteiger partial charge >= 0.3 is 0 Å². The molecule has 1 aromatic heterocycles. The van der Waals surface area contributed by atoms with E-state index < -0.39 is 0 Å². The van der Waals surface area contributed by atoms with Gasteiger partial charge < -0.3 is 5.73 Å². The Kier molecular flexibility index (Phi) is 2.63. The van der Waals surface area contributed by atoms with Crippen LogP contribution in [0.2, 0.25) is 0 Å². The molecule has 0 aliphatic heterocycles. The monoisotopic (exact) mass is 244 g/mol. The topological polar surface area (TPSA) is 49.9 Å².